The van der Waals surface area contributed by atoms with Crippen molar-refractivity contribution in [3.8, 4) is 6.07 Å². The zero-order chi connectivity index (χ0) is 16.1. The second-order valence-corrected chi connectivity index (χ2v) is 5.23. The number of pyridine rings is 1. The molecule has 0 spiro atoms. The summed E-state index contributed by atoms with van der Waals surface area (Å²) >= 11 is 0. The molecule has 1 fully saturated rings. The Bertz CT molecular complexity index is 702. The predicted octanol–water partition coefficient (Wildman–Crippen LogP) is 1.50. The lowest BCUT2D eigenvalue weighted by atomic mass is 10.2. The van der Waals surface area contributed by atoms with E-state index < -0.39 is 0 Å². The number of aromatic nitrogens is 3. The first-order chi connectivity index (χ1) is 11.3. The monoisotopic (exact) mass is 309 g/mol. The number of rotatable bonds is 4. The molecule has 2 aromatic heterocycles. The summed E-state index contributed by atoms with van der Waals surface area (Å²) in [6.07, 6.45) is 3.51. The van der Waals surface area contributed by atoms with Crippen LogP contribution in [0.3, 0.4) is 0 Å². The van der Waals surface area contributed by atoms with Gasteiger partial charge in [0.05, 0.1) is 5.56 Å². The van der Waals surface area contributed by atoms with Gasteiger partial charge in [-0.05, 0) is 25.1 Å². The number of anilines is 3. The molecule has 0 aliphatic carbocycles. The average molecular weight is 309 g/mol. The average Bonchev–Trinajstić information content (AvgIpc) is 2.62. The molecule has 0 aromatic carbocycles. The van der Waals surface area contributed by atoms with Crippen LogP contribution in [0.15, 0.2) is 30.6 Å². The van der Waals surface area contributed by atoms with Crippen LogP contribution in [0.2, 0.25) is 0 Å². The molecule has 0 saturated carbocycles. The molecule has 7 heteroatoms. The van der Waals surface area contributed by atoms with Gasteiger partial charge in [0, 0.05) is 45.1 Å². The second kappa shape index (κ2) is 6.92. The minimum absolute atomic E-state index is 0.623. The first-order valence-electron chi connectivity index (χ1n) is 7.73. The third-order valence-corrected chi connectivity index (χ3v) is 3.79. The molecule has 1 N–H and O–H groups in total. The van der Waals surface area contributed by atoms with E-state index in [-0.39, 0.29) is 0 Å². The Morgan fingerprint density at radius 2 is 1.91 bits per heavy atom. The molecule has 1 aliphatic rings. The molecule has 0 unspecified atom stereocenters. The molecule has 0 amide bonds. The van der Waals surface area contributed by atoms with E-state index in [4.69, 9.17) is 0 Å². The third kappa shape index (κ3) is 3.31. The fourth-order valence-electron chi connectivity index (χ4n) is 2.65. The van der Waals surface area contributed by atoms with Crippen molar-refractivity contribution < 1.29 is 0 Å². The van der Waals surface area contributed by atoms with E-state index in [1.807, 2.05) is 19.1 Å². The van der Waals surface area contributed by atoms with E-state index in [1.54, 1.807) is 18.5 Å². The number of piperazine rings is 1. The molecule has 0 bridgehead atoms. The molecule has 1 aliphatic heterocycles. The van der Waals surface area contributed by atoms with Crippen molar-refractivity contribution in [3.63, 3.8) is 0 Å². The summed E-state index contributed by atoms with van der Waals surface area (Å²) < 4.78 is 0. The maximum absolute atomic E-state index is 9.21. The highest BCUT2D eigenvalue weighted by Gasteiger charge is 2.21. The Balaban J connectivity index is 1.69. The molecule has 0 radical (unpaired) electrons. The van der Waals surface area contributed by atoms with Crippen molar-refractivity contribution in [1.29, 1.82) is 5.26 Å². The standard InChI is InChI=1S/C16H19N7/c1-2-18-16-20-7-5-14(21-16)22-8-10-23(11-9-22)15-13(12-17)4-3-6-19-15/h3-7H,2,8-11H2,1H3,(H,18,20,21). The van der Waals surface area contributed by atoms with E-state index in [0.29, 0.717) is 11.5 Å². The van der Waals surface area contributed by atoms with Crippen LogP contribution in [0.5, 0.6) is 0 Å². The topological polar surface area (TPSA) is 81.0 Å². The Labute approximate surface area is 135 Å². The highest BCUT2D eigenvalue weighted by Crippen LogP contribution is 2.20. The van der Waals surface area contributed by atoms with Crippen molar-refractivity contribution in [1.82, 2.24) is 15.0 Å². The van der Waals surface area contributed by atoms with Gasteiger partial charge in [0.15, 0.2) is 0 Å². The molecule has 7 nitrogen and oxygen atoms in total. The summed E-state index contributed by atoms with van der Waals surface area (Å²) in [5.41, 5.74) is 0.623. The summed E-state index contributed by atoms with van der Waals surface area (Å²) in [4.78, 5) is 17.5. The van der Waals surface area contributed by atoms with Gasteiger partial charge in [-0.2, -0.15) is 10.2 Å². The molecular weight excluding hydrogens is 290 g/mol. The minimum atomic E-state index is 0.623. The maximum Gasteiger partial charge on any atom is 0.224 e. The van der Waals surface area contributed by atoms with Crippen molar-refractivity contribution in [2.75, 3.05) is 47.8 Å². The fraction of sp³-hybridized carbons (Fsp3) is 0.375. The molecule has 3 rings (SSSR count). The lowest BCUT2D eigenvalue weighted by molar-refractivity contribution is 0.640. The van der Waals surface area contributed by atoms with Crippen LogP contribution >= 0.6 is 0 Å². The maximum atomic E-state index is 9.21. The van der Waals surface area contributed by atoms with Gasteiger partial charge in [-0.3, -0.25) is 0 Å². The summed E-state index contributed by atoms with van der Waals surface area (Å²) in [5, 5.41) is 12.3. The lowest BCUT2D eigenvalue weighted by Crippen LogP contribution is -2.47. The molecule has 1 saturated heterocycles. The van der Waals surface area contributed by atoms with Gasteiger partial charge < -0.3 is 15.1 Å². The largest absolute Gasteiger partial charge is 0.354 e. The Morgan fingerprint density at radius 1 is 1.13 bits per heavy atom. The molecular formula is C16H19N7. The van der Waals surface area contributed by atoms with E-state index in [2.05, 4.69) is 36.1 Å². The highest BCUT2D eigenvalue weighted by atomic mass is 15.3. The number of nitrogens with one attached hydrogen (secondary N) is 1. The van der Waals surface area contributed by atoms with Gasteiger partial charge in [-0.25, -0.2) is 9.97 Å². The smallest absolute Gasteiger partial charge is 0.224 e. The number of hydrogen-bond donors (Lipinski definition) is 1. The number of nitriles is 1. The summed E-state index contributed by atoms with van der Waals surface area (Å²) in [6.45, 7) is 6.12. The van der Waals surface area contributed by atoms with Crippen molar-refractivity contribution in [3.05, 3.63) is 36.2 Å². The van der Waals surface area contributed by atoms with Gasteiger partial charge in [0.1, 0.15) is 17.7 Å². The minimum Gasteiger partial charge on any atom is -0.354 e. The van der Waals surface area contributed by atoms with Crippen LogP contribution in [-0.2, 0) is 0 Å². The van der Waals surface area contributed by atoms with Crippen LogP contribution in [0.25, 0.3) is 0 Å². The predicted molar refractivity (Wildman–Crippen MR) is 89.6 cm³/mol. The first kappa shape index (κ1) is 15.0. The number of nitrogens with zero attached hydrogens (tertiary/aromatic N) is 6. The Kier molecular flexibility index (Phi) is 4.52. The van der Waals surface area contributed by atoms with Gasteiger partial charge in [0.25, 0.3) is 0 Å². The first-order valence-corrected chi connectivity index (χ1v) is 7.73. The van der Waals surface area contributed by atoms with Crippen molar-refractivity contribution in [2.45, 2.75) is 6.92 Å². The van der Waals surface area contributed by atoms with E-state index in [1.165, 1.54) is 0 Å². The SMILES string of the molecule is CCNc1nccc(N2CCN(c3ncccc3C#N)CC2)n1. The third-order valence-electron chi connectivity index (χ3n) is 3.79. The van der Waals surface area contributed by atoms with Gasteiger partial charge in [-0.15, -0.1) is 0 Å². The van der Waals surface area contributed by atoms with Gasteiger partial charge in [0.2, 0.25) is 5.95 Å². The summed E-state index contributed by atoms with van der Waals surface area (Å²) in [7, 11) is 0. The Hall–Kier alpha value is -2.88. The quantitative estimate of drug-likeness (QED) is 0.916. The second-order valence-electron chi connectivity index (χ2n) is 5.23. The van der Waals surface area contributed by atoms with Crippen LogP contribution in [0, 0.1) is 11.3 Å². The van der Waals surface area contributed by atoms with Crippen LogP contribution in [0.1, 0.15) is 12.5 Å². The van der Waals surface area contributed by atoms with Crippen LogP contribution < -0.4 is 15.1 Å². The van der Waals surface area contributed by atoms with E-state index in [9.17, 15) is 5.26 Å². The van der Waals surface area contributed by atoms with E-state index >= 15 is 0 Å². The molecule has 0 atom stereocenters. The highest BCUT2D eigenvalue weighted by molar-refractivity contribution is 5.55. The van der Waals surface area contributed by atoms with Crippen molar-refractivity contribution in [2.24, 2.45) is 0 Å². The summed E-state index contributed by atoms with van der Waals surface area (Å²) in [6, 6.07) is 7.74. The molecule has 23 heavy (non-hydrogen) atoms. The van der Waals surface area contributed by atoms with Crippen LogP contribution in [-0.4, -0.2) is 47.7 Å². The van der Waals surface area contributed by atoms with Crippen molar-refractivity contribution >= 4 is 17.6 Å². The summed E-state index contributed by atoms with van der Waals surface area (Å²) in [5.74, 6) is 2.35. The lowest BCUT2D eigenvalue weighted by Gasteiger charge is -2.36. The fourth-order valence-corrected chi connectivity index (χ4v) is 2.65. The number of hydrogen-bond acceptors (Lipinski definition) is 7. The Morgan fingerprint density at radius 3 is 2.65 bits per heavy atom. The zero-order valence-corrected chi connectivity index (χ0v) is 13.1. The molecule has 3 heterocycles. The molecule has 2 aromatic rings. The van der Waals surface area contributed by atoms with E-state index in [0.717, 1.165) is 44.4 Å². The van der Waals surface area contributed by atoms with Gasteiger partial charge >= 0.3 is 0 Å². The van der Waals surface area contributed by atoms with Crippen LogP contribution in [0.4, 0.5) is 17.6 Å². The van der Waals surface area contributed by atoms with Gasteiger partial charge in [-0.1, -0.05) is 0 Å². The molecule has 118 valence electrons. The zero-order valence-electron chi connectivity index (χ0n) is 13.1. The normalized spacial score (nSPS) is 14.4.